The molecule has 4 aromatic rings. The lowest BCUT2D eigenvalue weighted by atomic mass is 10.3. The third kappa shape index (κ3) is 6.20. The van der Waals surface area contributed by atoms with Gasteiger partial charge >= 0.3 is 11.4 Å². The van der Waals surface area contributed by atoms with Crippen molar-refractivity contribution in [2.24, 2.45) is 0 Å². The van der Waals surface area contributed by atoms with Crippen molar-refractivity contribution in [3.63, 3.8) is 0 Å². The normalized spacial score (nSPS) is 9.88. The van der Waals surface area contributed by atoms with Crippen molar-refractivity contribution in [3.8, 4) is 23.6 Å². The van der Waals surface area contributed by atoms with Gasteiger partial charge in [-0.3, -0.25) is 0 Å². The van der Waals surface area contributed by atoms with E-state index in [-0.39, 0.29) is 11.3 Å². The van der Waals surface area contributed by atoms with Gasteiger partial charge in [0.1, 0.15) is 23.2 Å². The van der Waals surface area contributed by atoms with E-state index < -0.39 is 29.0 Å². The molecule has 0 aliphatic carbocycles. The van der Waals surface area contributed by atoms with Crippen LogP contribution in [0.25, 0.3) is 11.0 Å². The second kappa shape index (κ2) is 12.1. The number of fused-ring (bicyclic) bond motifs is 2. The molecule has 0 atom stereocenters. The van der Waals surface area contributed by atoms with E-state index in [1.54, 1.807) is 0 Å². The zero-order valence-electron chi connectivity index (χ0n) is 16.1. The molecule has 0 bridgehead atoms. The number of pyridine rings is 2. The van der Waals surface area contributed by atoms with Crippen molar-refractivity contribution in [2.45, 2.75) is 0 Å². The van der Waals surface area contributed by atoms with Gasteiger partial charge < -0.3 is 9.84 Å². The van der Waals surface area contributed by atoms with Crippen LogP contribution in [0.5, 0.6) is 11.5 Å². The maximum Gasteiger partial charge on any atom is 0.643 e. The van der Waals surface area contributed by atoms with Gasteiger partial charge in [0.15, 0.2) is 11.5 Å². The molecule has 4 rings (SSSR count). The second-order valence-corrected chi connectivity index (χ2v) is 13.8. The van der Waals surface area contributed by atoms with E-state index in [2.05, 4.69) is 42.1 Å². The first-order chi connectivity index (χ1) is 15.6. The molecular weight excluding hydrogens is 651 g/mol. The number of rotatable bonds is 1. The summed E-state index contributed by atoms with van der Waals surface area (Å²) >= 11 is 4.63. The quantitative estimate of drug-likeness (QED) is 0.210. The first-order valence-corrected chi connectivity index (χ1v) is 15.1. The molecule has 0 amide bonds. The van der Waals surface area contributed by atoms with Crippen LogP contribution in [0.15, 0.2) is 33.5 Å². The lowest BCUT2D eigenvalue weighted by Gasteiger charge is -2.05. The molecule has 170 valence electrons. The van der Waals surface area contributed by atoms with Crippen LogP contribution in [0.3, 0.4) is 0 Å². The lowest BCUT2D eigenvalue weighted by Crippen LogP contribution is -1.99. The molecule has 0 fully saturated rings. The van der Waals surface area contributed by atoms with Crippen molar-refractivity contribution in [3.05, 3.63) is 56.5 Å². The Balaban J connectivity index is 0.000000202. The Morgan fingerprint density at radius 2 is 1.39 bits per heavy atom. The maximum absolute atomic E-state index is 13.6. The number of nitrogens with zero attached hydrogens (tertiary/aromatic N) is 6. The van der Waals surface area contributed by atoms with Crippen LogP contribution in [0, 0.1) is 34.6 Å². The summed E-state index contributed by atoms with van der Waals surface area (Å²) in [6.45, 7) is 0. The van der Waals surface area contributed by atoms with Crippen molar-refractivity contribution < 1.29 is 18.6 Å². The van der Waals surface area contributed by atoms with E-state index in [1.807, 2.05) is 12.1 Å². The molecule has 33 heavy (non-hydrogen) atoms. The minimum Gasteiger partial charge on any atom is -0.504 e. The summed E-state index contributed by atoms with van der Waals surface area (Å²) in [5.41, 5.74) is 1.26. The van der Waals surface area contributed by atoms with Crippen LogP contribution in [-0.2, 0) is 0 Å². The van der Waals surface area contributed by atoms with E-state index >= 15 is 0 Å². The van der Waals surface area contributed by atoms with Gasteiger partial charge in [0, 0.05) is 21.1 Å². The highest BCUT2D eigenvalue weighted by Crippen LogP contribution is 2.29. The molecule has 0 aliphatic rings. The molecule has 8 nitrogen and oxygen atoms in total. The number of nitriles is 2. The zero-order valence-corrected chi connectivity index (χ0v) is 22.7. The molecule has 0 unspecified atom stereocenters. The average Bonchev–Trinajstić information content (AvgIpc) is 3.39. The van der Waals surface area contributed by atoms with Gasteiger partial charge in [-0.1, -0.05) is 0 Å². The molecular formula is C17H8AlBr2Cl3F2N6O2. The van der Waals surface area contributed by atoms with Gasteiger partial charge in [-0.2, -0.15) is 29.5 Å². The van der Waals surface area contributed by atoms with Gasteiger partial charge in [-0.25, -0.2) is 39.2 Å². The highest BCUT2D eigenvalue weighted by Gasteiger charge is 2.16. The van der Waals surface area contributed by atoms with Gasteiger partial charge in [0.2, 0.25) is 0 Å². The Morgan fingerprint density at radius 1 is 0.970 bits per heavy atom. The van der Waals surface area contributed by atoms with Gasteiger partial charge in [-0.05, 0) is 31.9 Å². The third-order valence-electron chi connectivity index (χ3n) is 3.76. The second-order valence-electron chi connectivity index (χ2n) is 5.63. The molecule has 4 aromatic heterocycles. The Morgan fingerprint density at radius 3 is 1.82 bits per heavy atom. The highest BCUT2D eigenvalue weighted by atomic mass is 79.9. The first-order valence-electron chi connectivity index (χ1n) is 8.24. The van der Waals surface area contributed by atoms with Crippen molar-refractivity contribution in [1.29, 1.82) is 10.5 Å². The Hall–Kier alpha value is -1.82. The van der Waals surface area contributed by atoms with E-state index in [1.165, 1.54) is 31.6 Å². The summed E-state index contributed by atoms with van der Waals surface area (Å²) in [5.74, 6) is -1.96. The highest BCUT2D eigenvalue weighted by molar-refractivity contribution is 9.11. The van der Waals surface area contributed by atoms with Crippen LogP contribution < -0.4 is 4.74 Å². The Bertz CT molecular complexity index is 1400. The minimum atomic E-state index is -1.72. The van der Waals surface area contributed by atoms with Crippen molar-refractivity contribution >= 4 is 84.4 Å². The summed E-state index contributed by atoms with van der Waals surface area (Å²) in [6.07, 6.45) is 2.55. The van der Waals surface area contributed by atoms with Crippen LogP contribution in [0.1, 0.15) is 11.1 Å². The minimum absolute atomic E-state index is 0.0713. The summed E-state index contributed by atoms with van der Waals surface area (Å²) in [6, 6.07) is 6.46. The van der Waals surface area contributed by atoms with Crippen molar-refractivity contribution in [1.82, 2.24) is 19.2 Å². The smallest absolute Gasteiger partial charge is 0.504 e. The largest absolute Gasteiger partial charge is 0.643 e. The lowest BCUT2D eigenvalue weighted by molar-refractivity contribution is 0.370. The summed E-state index contributed by atoms with van der Waals surface area (Å²) in [5, 5.41) is 34.0. The topological polar surface area (TPSA) is 112 Å². The first kappa shape index (κ1) is 27.4. The predicted molar refractivity (Wildman–Crippen MR) is 127 cm³/mol. The molecule has 0 radical (unpaired) electrons. The molecule has 0 aliphatic heterocycles. The van der Waals surface area contributed by atoms with Crippen LogP contribution in [-0.4, -0.2) is 42.8 Å². The fraction of sp³-hybridized carbons (Fsp3) is 0.0588. The number of methoxy groups -OCH3 is 1. The van der Waals surface area contributed by atoms with E-state index in [4.69, 9.17) is 50.5 Å². The van der Waals surface area contributed by atoms with E-state index in [0.717, 1.165) is 9.03 Å². The van der Waals surface area contributed by atoms with Crippen LogP contribution >= 0.6 is 62.0 Å². The standard InChI is InChI=1S/C9H5BrFN3O.C8H3BrFN3O.Al.3ClH/c1-15-7-2-6(10)8-5(3-12)4-13-14(8)9(7)11;9-5-1-6(14)8(10)13-7(5)4(2-11)3-12-13;;;;/h2,4H,1H3;1,3,14H;;3*1H/q;;+3;;;/p-3. The van der Waals surface area contributed by atoms with Crippen molar-refractivity contribution in [2.75, 3.05) is 7.11 Å². The van der Waals surface area contributed by atoms with Gasteiger partial charge in [-0.15, -0.1) is 0 Å². The molecule has 0 spiro atoms. The molecule has 0 saturated carbocycles. The average molecular weight is 659 g/mol. The molecule has 4 heterocycles. The number of halogens is 7. The van der Waals surface area contributed by atoms with E-state index in [0.29, 0.717) is 25.5 Å². The number of ether oxygens (including phenoxy) is 1. The summed E-state index contributed by atoms with van der Waals surface area (Å²) in [7, 11) is 16.2. The summed E-state index contributed by atoms with van der Waals surface area (Å²) < 4.78 is 34.6. The maximum atomic E-state index is 13.6. The van der Waals surface area contributed by atoms with Gasteiger partial charge in [0.05, 0.1) is 30.6 Å². The SMILES string of the molecule is COc1cc(Br)c2c(C#N)cnn2c1F.N#Cc1cnn2c(F)c(O)cc(Br)c12.[Cl][Al]([Cl])[Cl]. The van der Waals surface area contributed by atoms with E-state index in [9.17, 15) is 8.78 Å². The zero-order chi connectivity index (χ0) is 24.9. The third-order valence-corrected chi connectivity index (χ3v) is 4.97. The molecule has 16 heteroatoms. The molecule has 1 N–H and O–H groups in total. The van der Waals surface area contributed by atoms with Gasteiger partial charge in [0.25, 0.3) is 11.9 Å². The van der Waals surface area contributed by atoms with Crippen LogP contribution in [0.4, 0.5) is 8.78 Å². The van der Waals surface area contributed by atoms with Crippen LogP contribution in [0.2, 0.25) is 0 Å². The Kier molecular flexibility index (Phi) is 10.0. The molecule has 0 aromatic carbocycles. The number of hydrogen-bond acceptors (Lipinski definition) is 6. The predicted octanol–water partition coefficient (Wildman–Crippen LogP) is 5.62. The Labute approximate surface area is 218 Å². The number of aromatic hydroxyl groups is 1. The summed E-state index contributed by atoms with van der Waals surface area (Å²) in [4.78, 5) is 0. The number of hydrogen-bond donors (Lipinski definition) is 1. The fourth-order valence-corrected chi connectivity index (χ4v) is 3.65. The fourth-order valence-electron chi connectivity index (χ4n) is 2.46. The molecule has 0 saturated heterocycles. The monoisotopic (exact) mass is 656 g/mol. The number of aromatic nitrogens is 4.